The number of piperidine rings is 1. The fourth-order valence-corrected chi connectivity index (χ4v) is 6.64. The van der Waals surface area contributed by atoms with E-state index in [0.717, 1.165) is 32.4 Å². The fraction of sp³-hybridized carbons (Fsp3) is 0.423. The highest BCUT2D eigenvalue weighted by Crippen LogP contribution is 2.44. The number of benzene rings is 1. The molecule has 1 aliphatic carbocycles. The van der Waals surface area contributed by atoms with Gasteiger partial charge in [-0.3, -0.25) is 0 Å². The average Bonchev–Trinajstić information content (AvgIpc) is 3.45. The summed E-state index contributed by atoms with van der Waals surface area (Å²) in [7, 11) is -1.69. The van der Waals surface area contributed by atoms with E-state index >= 15 is 0 Å². The van der Waals surface area contributed by atoms with Crippen molar-refractivity contribution in [2.45, 2.75) is 42.7 Å². The number of allylic oxidation sites excluding steroid dienone is 1. The van der Waals surface area contributed by atoms with Crippen LogP contribution in [0.2, 0.25) is 5.28 Å². The van der Waals surface area contributed by atoms with Crippen molar-refractivity contribution in [3.8, 4) is 0 Å². The molecule has 3 N–H and O–H groups in total. The zero-order valence-corrected chi connectivity index (χ0v) is 22.2. The molecule has 0 radical (unpaired) electrons. The van der Waals surface area contributed by atoms with E-state index in [1.165, 1.54) is 24.4 Å². The highest BCUT2D eigenvalue weighted by atomic mass is 35.5. The molecular formula is C26H31ClN6O3S. The van der Waals surface area contributed by atoms with Crippen molar-refractivity contribution < 1.29 is 13.5 Å². The Labute approximate surface area is 221 Å². The molecule has 2 aliphatic rings. The number of halogens is 1. The van der Waals surface area contributed by atoms with E-state index in [-0.39, 0.29) is 28.2 Å². The molecule has 5 rings (SSSR count). The molecule has 9 nitrogen and oxygen atoms in total. The summed E-state index contributed by atoms with van der Waals surface area (Å²) < 4.78 is 30.7. The van der Waals surface area contributed by atoms with Crippen molar-refractivity contribution in [2.24, 2.45) is 22.0 Å². The first-order chi connectivity index (χ1) is 17.7. The third-order valence-electron chi connectivity index (χ3n) is 7.66. The third kappa shape index (κ3) is 5.43. The van der Waals surface area contributed by atoms with Gasteiger partial charge < -0.3 is 20.3 Å². The van der Waals surface area contributed by atoms with E-state index in [2.05, 4.69) is 26.3 Å². The minimum atomic E-state index is -3.83. The molecule has 11 heteroatoms. The van der Waals surface area contributed by atoms with Gasteiger partial charge in [-0.15, -0.1) is 0 Å². The van der Waals surface area contributed by atoms with Gasteiger partial charge in [0.05, 0.1) is 11.0 Å². The summed E-state index contributed by atoms with van der Waals surface area (Å²) in [5, 5.41) is 11.8. The number of aliphatic hydroxyl groups excluding tert-OH is 1. The summed E-state index contributed by atoms with van der Waals surface area (Å²) in [4.78, 5) is 11.1. The van der Waals surface area contributed by atoms with E-state index in [1.54, 1.807) is 24.4 Å². The van der Waals surface area contributed by atoms with E-state index < -0.39 is 10.0 Å². The molecule has 1 aromatic carbocycles. The quantitative estimate of drug-likeness (QED) is 0.360. The normalized spacial score (nSPS) is 24.4. The number of hydrogen-bond acceptors (Lipinski definition) is 7. The first-order valence-corrected chi connectivity index (χ1v) is 14.3. The summed E-state index contributed by atoms with van der Waals surface area (Å²) in [6.45, 7) is 2.11. The first-order valence-electron chi connectivity index (χ1n) is 12.4. The second kappa shape index (κ2) is 10.5. The van der Waals surface area contributed by atoms with Crippen molar-refractivity contribution >= 4 is 44.6 Å². The van der Waals surface area contributed by atoms with Gasteiger partial charge in [-0.05, 0) is 87.5 Å². The van der Waals surface area contributed by atoms with Crippen molar-refractivity contribution in [3.05, 3.63) is 59.6 Å². The van der Waals surface area contributed by atoms with Crippen LogP contribution < -0.4 is 5.73 Å². The van der Waals surface area contributed by atoms with E-state index in [1.807, 2.05) is 10.8 Å². The van der Waals surface area contributed by atoms with Crippen molar-refractivity contribution in [1.82, 2.24) is 19.4 Å². The van der Waals surface area contributed by atoms with Gasteiger partial charge >= 0.3 is 0 Å². The molecule has 2 aromatic heterocycles. The smallest absolute Gasteiger partial charge is 0.282 e. The predicted molar refractivity (Wildman–Crippen MR) is 145 cm³/mol. The minimum absolute atomic E-state index is 0.0433. The Balaban J connectivity index is 1.42. The maximum absolute atomic E-state index is 12.5. The van der Waals surface area contributed by atoms with Crippen LogP contribution in [0.3, 0.4) is 0 Å². The minimum Gasteiger partial charge on any atom is -0.398 e. The molecule has 0 spiro atoms. The van der Waals surface area contributed by atoms with Gasteiger partial charge in [0.1, 0.15) is 5.65 Å². The molecule has 3 atom stereocenters. The van der Waals surface area contributed by atoms with Crippen LogP contribution in [-0.4, -0.2) is 65.4 Å². The fourth-order valence-electron chi connectivity index (χ4n) is 5.66. The van der Waals surface area contributed by atoms with Gasteiger partial charge in [0.15, 0.2) is 0 Å². The van der Waals surface area contributed by atoms with Crippen LogP contribution in [0, 0.1) is 11.8 Å². The lowest BCUT2D eigenvalue weighted by Gasteiger charge is -2.34. The van der Waals surface area contributed by atoms with E-state index in [9.17, 15) is 13.5 Å². The van der Waals surface area contributed by atoms with Crippen LogP contribution >= 0.6 is 11.6 Å². The first kappa shape index (κ1) is 25.8. The van der Waals surface area contributed by atoms with Crippen LogP contribution in [0.15, 0.2) is 58.1 Å². The standard InChI is InChI=1S/C26H31ClN6O3S/c1-32-11-8-17(9-12-32)20-13-18(14-24(20)34)33-16-22(21-15-29-26(27)31-25(21)33)23(28)7-10-30-37(35,36)19-5-3-2-4-6-19/h2-7,10,15-18,20,24,34H,8-9,11-14,28H2,1H3/t18-,20-,24+/m1/s1. The molecule has 37 heavy (non-hydrogen) atoms. The monoisotopic (exact) mass is 542 g/mol. The molecule has 3 aromatic rings. The molecule has 1 saturated carbocycles. The van der Waals surface area contributed by atoms with Gasteiger partial charge in [0, 0.05) is 41.3 Å². The molecule has 0 amide bonds. The van der Waals surface area contributed by atoms with Crippen LogP contribution in [0.25, 0.3) is 16.7 Å². The number of aliphatic hydroxyl groups is 1. The van der Waals surface area contributed by atoms with Crippen molar-refractivity contribution in [1.29, 1.82) is 0 Å². The highest BCUT2D eigenvalue weighted by molar-refractivity contribution is 7.90. The zero-order chi connectivity index (χ0) is 26.2. The summed E-state index contributed by atoms with van der Waals surface area (Å²) >= 11 is 6.15. The van der Waals surface area contributed by atoms with Crippen LogP contribution in [0.4, 0.5) is 0 Å². The van der Waals surface area contributed by atoms with Gasteiger partial charge in [-0.1, -0.05) is 18.2 Å². The average molecular weight is 543 g/mol. The van der Waals surface area contributed by atoms with Crippen LogP contribution in [-0.2, 0) is 10.0 Å². The lowest BCUT2D eigenvalue weighted by molar-refractivity contribution is 0.0696. The molecule has 3 heterocycles. The van der Waals surface area contributed by atoms with Gasteiger partial charge in [-0.25, -0.2) is 4.98 Å². The number of sulfonamides is 1. The Morgan fingerprint density at radius 1 is 1.22 bits per heavy atom. The number of rotatable bonds is 6. The number of likely N-dealkylation sites (tertiary alicyclic amines) is 1. The summed E-state index contributed by atoms with van der Waals surface area (Å²) in [5.41, 5.74) is 8.01. The van der Waals surface area contributed by atoms with Crippen molar-refractivity contribution in [3.63, 3.8) is 0 Å². The van der Waals surface area contributed by atoms with Crippen LogP contribution in [0.5, 0.6) is 0 Å². The number of aromatic nitrogens is 3. The van der Waals surface area contributed by atoms with Gasteiger partial charge in [-0.2, -0.15) is 17.8 Å². The Kier molecular flexibility index (Phi) is 7.35. The molecule has 196 valence electrons. The SMILES string of the molecule is CN1CCC([C@H]2C[C@@H](n3cc(C(N)=CC=NS(=O)(=O)c4ccccc4)c4cnc(Cl)nc43)C[C@@H]2O)CC1. The molecule has 1 aliphatic heterocycles. The Morgan fingerprint density at radius 2 is 1.95 bits per heavy atom. The Bertz CT molecular complexity index is 1430. The van der Waals surface area contributed by atoms with E-state index in [0.29, 0.717) is 34.6 Å². The number of hydrogen-bond donors (Lipinski definition) is 2. The zero-order valence-electron chi connectivity index (χ0n) is 20.6. The number of nitrogens with two attached hydrogens (primary N) is 1. The van der Waals surface area contributed by atoms with Crippen LogP contribution in [0.1, 0.15) is 37.3 Å². The van der Waals surface area contributed by atoms with Gasteiger partial charge in [0.2, 0.25) is 5.28 Å². The molecule has 0 bridgehead atoms. The topological polar surface area (TPSA) is 127 Å². The molecule has 0 unspecified atom stereocenters. The predicted octanol–water partition coefficient (Wildman–Crippen LogP) is 3.50. The van der Waals surface area contributed by atoms with Gasteiger partial charge in [0.25, 0.3) is 10.0 Å². The largest absolute Gasteiger partial charge is 0.398 e. The summed E-state index contributed by atoms with van der Waals surface area (Å²) in [6.07, 6.45) is 9.45. The van der Waals surface area contributed by atoms with E-state index in [4.69, 9.17) is 17.3 Å². The number of nitrogens with zero attached hydrogens (tertiary/aromatic N) is 5. The summed E-state index contributed by atoms with van der Waals surface area (Å²) in [5.74, 6) is 0.739. The maximum Gasteiger partial charge on any atom is 0.282 e. The molecule has 1 saturated heterocycles. The van der Waals surface area contributed by atoms with Crippen molar-refractivity contribution in [2.75, 3.05) is 20.1 Å². The lowest BCUT2D eigenvalue weighted by atomic mass is 9.82. The highest BCUT2D eigenvalue weighted by Gasteiger charge is 2.40. The lowest BCUT2D eigenvalue weighted by Crippen LogP contribution is -2.35. The number of fused-ring (bicyclic) bond motifs is 1. The molecular weight excluding hydrogens is 512 g/mol. The second-order valence-electron chi connectivity index (χ2n) is 9.99. The second-order valence-corrected chi connectivity index (χ2v) is 12.0. The third-order valence-corrected chi connectivity index (χ3v) is 9.11. The Hall–Kier alpha value is -2.79. The maximum atomic E-state index is 12.5. The summed E-state index contributed by atoms with van der Waals surface area (Å²) in [6, 6.07) is 8.05. The molecule has 2 fully saturated rings. The Morgan fingerprint density at radius 3 is 2.68 bits per heavy atom.